The standard InChI is InChI=1S/C14H22BrN/c1-3-4-5-6-8-12(2)16-14-10-7-9-13(15)11-14/h7,9-12,16H,3-6,8H2,1-2H3. The fourth-order valence-corrected chi connectivity index (χ4v) is 2.21. The summed E-state index contributed by atoms with van der Waals surface area (Å²) in [6.07, 6.45) is 6.63. The van der Waals surface area contributed by atoms with Gasteiger partial charge in [-0.25, -0.2) is 0 Å². The summed E-state index contributed by atoms with van der Waals surface area (Å²) in [6, 6.07) is 8.93. The average molecular weight is 284 g/mol. The summed E-state index contributed by atoms with van der Waals surface area (Å²) in [7, 11) is 0. The molecular weight excluding hydrogens is 262 g/mol. The Morgan fingerprint density at radius 1 is 1.25 bits per heavy atom. The fraction of sp³-hybridized carbons (Fsp3) is 0.571. The molecule has 0 spiro atoms. The van der Waals surface area contributed by atoms with E-state index in [2.05, 4.69) is 59.4 Å². The zero-order valence-corrected chi connectivity index (χ0v) is 11.9. The van der Waals surface area contributed by atoms with Crippen LogP contribution in [0.4, 0.5) is 5.69 Å². The van der Waals surface area contributed by atoms with Gasteiger partial charge >= 0.3 is 0 Å². The normalized spacial score (nSPS) is 12.4. The maximum atomic E-state index is 3.53. The highest BCUT2D eigenvalue weighted by molar-refractivity contribution is 9.10. The molecule has 1 aromatic rings. The Hall–Kier alpha value is -0.500. The van der Waals surface area contributed by atoms with Gasteiger partial charge in [0.05, 0.1) is 0 Å². The van der Waals surface area contributed by atoms with Crippen molar-refractivity contribution >= 4 is 21.6 Å². The Morgan fingerprint density at radius 3 is 2.75 bits per heavy atom. The van der Waals surface area contributed by atoms with E-state index in [4.69, 9.17) is 0 Å². The molecule has 0 radical (unpaired) electrons. The van der Waals surface area contributed by atoms with Gasteiger partial charge in [-0.2, -0.15) is 0 Å². The lowest BCUT2D eigenvalue weighted by Gasteiger charge is -2.15. The molecule has 0 aliphatic heterocycles. The number of hydrogen-bond acceptors (Lipinski definition) is 1. The van der Waals surface area contributed by atoms with Gasteiger partial charge in [-0.3, -0.25) is 0 Å². The second-order valence-corrected chi connectivity index (χ2v) is 5.32. The van der Waals surface area contributed by atoms with Gasteiger partial charge in [0.15, 0.2) is 0 Å². The highest BCUT2D eigenvalue weighted by Crippen LogP contribution is 2.17. The SMILES string of the molecule is CCCCCCC(C)Nc1cccc(Br)c1. The van der Waals surface area contributed by atoms with Gasteiger partial charge in [0, 0.05) is 16.2 Å². The highest BCUT2D eigenvalue weighted by Gasteiger charge is 2.01. The third kappa shape index (κ3) is 5.55. The molecule has 16 heavy (non-hydrogen) atoms. The Labute approximate surface area is 108 Å². The lowest BCUT2D eigenvalue weighted by atomic mass is 10.1. The van der Waals surface area contributed by atoms with Crippen LogP contribution in [0.2, 0.25) is 0 Å². The van der Waals surface area contributed by atoms with Crippen molar-refractivity contribution in [1.29, 1.82) is 0 Å². The summed E-state index contributed by atoms with van der Waals surface area (Å²) in [5, 5.41) is 3.53. The zero-order chi connectivity index (χ0) is 11.8. The Kier molecular flexibility index (Phi) is 6.55. The number of anilines is 1. The minimum absolute atomic E-state index is 0.561. The van der Waals surface area contributed by atoms with Crippen LogP contribution in [0.5, 0.6) is 0 Å². The molecule has 0 saturated carbocycles. The molecule has 1 rings (SSSR count). The summed E-state index contributed by atoms with van der Waals surface area (Å²) in [4.78, 5) is 0. The van der Waals surface area contributed by atoms with Crippen LogP contribution >= 0.6 is 15.9 Å². The Balaban J connectivity index is 2.25. The van der Waals surface area contributed by atoms with E-state index >= 15 is 0 Å². The second-order valence-electron chi connectivity index (χ2n) is 4.41. The molecule has 0 bridgehead atoms. The highest BCUT2D eigenvalue weighted by atomic mass is 79.9. The van der Waals surface area contributed by atoms with Gasteiger partial charge in [-0.15, -0.1) is 0 Å². The molecule has 1 N–H and O–H groups in total. The van der Waals surface area contributed by atoms with Crippen molar-refractivity contribution in [2.75, 3.05) is 5.32 Å². The van der Waals surface area contributed by atoms with E-state index in [1.807, 2.05) is 0 Å². The molecule has 90 valence electrons. The molecule has 1 nitrogen and oxygen atoms in total. The Morgan fingerprint density at radius 2 is 2.06 bits per heavy atom. The van der Waals surface area contributed by atoms with Crippen LogP contribution in [0.15, 0.2) is 28.7 Å². The maximum Gasteiger partial charge on any atom is 0.0353 e. The van der Waals surface area contributed by atoms with Crippen LogP contribution < -0.4 is 5.32 Å². The maximum absolute atomic E-state index is 3.53. The number of unbranched alkanes of at least 4 members (excludes halogenated alkanes) is 3. The van der Waals surface area contributed by atoms with Crippen LogP contribution in [-0.2, 0) is 0 Å². The summed E-state index contributed by atoms with van der Waals surface area (Å²) >= 11 is 3.49. The van der Waals surface area contributed by atoms with E-state index in [1.54, 1.807) is 0 Å². The number of hydrogen-bond donors (Lipinski definition) is 1. The summed E-state index contributed by atoms with van der Waals surface area (Å²) in [5.41, 5.74) is 1.21. The van der Waals surface area contributed by atoms with E-state index in [-0.39, 0.29) is 0 Å². The number of nitrogens with one attached hydrogen (secondary N) is 1. The lowest BCUT2D eigenvalue weighted by molar-refractivity contribution is 0.594. The third-order valence-corrected chi connectivity index (χ3v) is 3.22. The predicted molar refractivity (Wildman–Crippen MR) is 76.0 cm³/mol. The van der Waals surface area contributed by atoms with Crippen molar-refractivity contribution in [3.05, 3.63) is 28.7 Å². The van der Waals surface area contributed by atoms with E-state index < -0.39 is 0 Å². The fourth-order valence-electron chi connectivity index (χ4n) is 1.81. The predicted octanol–water partition coefficient (Wildman–Crippen LogP) is 5.22. The molecule has 0 aliphatic rings. The van der Waals surface area contributed by atoms with E-state index in [1.165, 1.54) is 37.8 Å². The molecule has 1 unspecified atom stereocenters. The smallest absolute Gasteiger partial charge is 0.0353 e. The van der Waals surface area contributed by atoms with E-state index in [9.17, 15) is 0 Å². The van der Waals surface area contributed by atoms with Crippen molar-refractivity contribution < 1.29 is 0 Å². The summed E-state index contributed by atoms with van der Waals surface area (Å²) < 4.78 is 1.13. The number of halogens is 1. The van der Waals surface area contributed by atoms with Crippen LogP contribution in [0.25, 0.3) is 0 Å². The molecule has 1 aromatic carbocycles. The van der Waals surface area contributed by atoms with Gasteiger partial charge in [0.1, 0.15) is 0 Å². The van der Waals surface area contributed by atoms with Crippen LogP contribution in [0.1, 0.15) is 46.0 Å². The molecule has 0 fully saturated rings. The third-order valence-electron chi connectivity index (χ3n) is 2.73. The molecule has 2 heteroatoms. The van der Waals surface area contributed by atoms with Gasteiger partial charge in [-0.1, -0.05) is 54.6 Å². The van der Waals surface area contributed by atoms with Gasteiger partial charge in [0.25, 0.3) is 0 Å². The first-order chi connectivity index (χ1) is 7.72. The van der Waals surface area contributed by atoms with Gasteiger partial charge < -0.3 is 5.32 Å². The van der Waals surface area contributed by atoms with Crippen LogP contribution in [0.3, 0.4) is 0 Å². The lowest BCUT2D eigenvalue weighted by Crippen LogP contribution is -2.14. The molecule has 0 heterocycles. The average Bonchev–Trinajstić information content (AvgIpc) is 2.24. The molecule has 0 aromatic heterocycles. The quantitative estimate of drug-likeness (QED) is 0.677. The summed E-state index contributed by atoms with van der Waals surface area (Å²) in [6.45, 7) is 4.51. The first-order valence-corrected chi connectivity index (χ1v) is 7.03. The largest absolute Gasteiger partial charge is 0.383 e. The zero-order valence-electron chi connectivity index (χ0n) is 10.3. The number of rotatable bonds is 7. The minimum atomic E-state index is 0.561. The van der Waals surface area contributed by atoms with E-state index in [0.717, 1.165) is 4.47 Å². The summed E-state index contributed by atoms with van der Waals surface area (Å²) in [5.74, 6) is 0. The van der Waals surface area contributed by atoms with Gasteiger partial charge in [0.2, 0.25) is 0 Å². The molecule has 0 aliphatic carbocycles. The van der Waals surface area contributed by atoms with Crippen LogP contribution in [-0.4, -0.2) is 6.04 Å². The van der Waals surface area contributed by atoms with Gasteiger partial charge in [-0.05, 0) is 31.5 Å². The number of benzene rings is 1. The van der Waals surface area contributed by atoms with Crippen molar-refractivity contribution in [2.45, 2.75) is 52.0 Å². The molecule has 0 saturated heterocycles. The molecular formula is C14H22BrN. The Bertz CT molecular complexity index is 299. The van der Waals surface area contributed by atoms with Crippen molar-refractivity contribution in [3.63, 3.8) is 0 Å². The first kappa shape index (κ1) is 13.6. The van der Waals surface area contributed by atoms with Crippen LogP contribution in [0, 0.1) is 0 Å². The minimum Gasteiger partial charge on any atom is -0.383 e. The monoisotopic (exact) mass is 283 g/mol. The first-order valence-electron chi connectivity index (χ1n) is 6.24. The topological polar surface area (TPSA) is 12.0 Å². The van der Waals surface area contributed by atoms with Crippen molar-refractivity contribution in [2.24, 2.45) is 0 Å². The van der Waals surface area contributed by atoms with E-state index in [0.29, 0.717) is 6.04 Å². The van der Waals surface area contributed by atoms with Crippen molar-refractivity contribution in [3.8, 4) is 0 Å². The molecule has 1 atom stereocenters. The molecule has 0 amide bonds. The second kappa shape index (κ2) is 7.72. The van der Waals surface area contributed by atoms with Crippen molar-refractivity contribution in [1.82, 2.24) is 0 Å².